The van der Waals surface area contributed by atoms with Gasteiger partial charge in [0.25, 0.3) is 5.91 Å². The van der Waals surface area contributed by atoms with Crippen molar-refractivity contribution in [2.75, 3.05) is 0 Å². The van der Waals surface area contributed by atoms with Gasteiger partial charge in [-0.2, -0.15) is 4.80 Å². The van der Waals surface area contributed by atoms with Gasteiger partial charge >= 0.3 is 0 Å². The number of amides is 1. The lowest BCUT2D eigenvalue weighted by Crippen LogP contribution is -2.42. The Morgan fingerprint density at radius 1 is 1.09 bits per heavy atom. The van der Waals surface area contributed by atoms with E-state index in [9.17, 15) is 14.3 Å². The molecule has 0 aliphatic heterocycles. The molecule has 3 aromatic carbocycles. The fraction of sp³-hybridized carbons (Fsp3) is 0.0833. The molecule has 2 aromatic heterocycles. The molecule has 5 rings (SSSR count). The van der Waals surface area contributed by atoms with Crippen molar-refractivity contribution in [3.05, 3.63) is 94.5 Å². The summed E-state index contributed by atoms with van der Waals surface area (Å²) in [6.07, 6.45) is 0. The molecule has 0 spiro atoms. The quantitative estimate of drug-likeness (QED) is 0.388. The summed E-state index contributed by atoms with van der Waals surface area (Å²) in [5.74, 6) is -2.40. The highest BCUT2D eigenvalue weighted by atomic mass is 35.5. The van der Waals surface area contributed by atoms with E-state index >= 15 is 4.39 Å². The number of benzene rings is 3. The highest BCUT2D eigenvalue weighted by molar-refractivity contribution is 6.38. The number of aryl methyl sites for hydroxylation is 1. The minimum atomic E-state index is -2.40. The largest absolute Gasteiger partial charge is 0.372 e. The molecule has 0 radical (unpaired) electrons. The van der Waals surface area contributed by atoms with Crippen LogP contribution in [0.5, 0.6) is 0 Å². The van der Waals surface area contributed by atoms with Gasteiger partial charge in [-0.25, -0.2) is 8.78 Å². The lowest BCUT2D eigenvalue weighted by atomic mass is 9.85. The number of nitrogens with two attached hydrogens (primary N) is 1. The first-order valence-corrected chi connectivity index (χ1v) is 10.7. The van der Waals surface area contributed by atoms with E-state index in [4.69, 9.17) is 17.3 Å². The van der Waals surface area contributed by atoms with Crippen LogP contribution in [0.3, 0.4) is 0 Å². The topological polar surface area (TPSA) is 112 Å². The maximum atomic E-state index is 15.6. The van der Waals surface area contributed by atoms with Crippen molar-refractivity contribution >= 4 is 28.4 Å². The first kappa shape index (κ1) is 22.6. The minimum absolute atomic E-state index is 0.119. The number of nitrogens with zero attached hydrogens (tertiary/aromatic N) is 5. The number of hydrogen-bond acceptors (Lipinski definition) is 5. The Morgan fingerprint density at radius 2 is 1.83 bits per heavy atom. The number of tetrazole rings is 1. The lowest BCUT2D eigenvalue weighted by Gasteiger charge is -2.26. The molecular formula is C24H17ClF2N6O2. The van der Waals surface area contributed by atoms with E-state index in [1.807, 2.05) is 0 Å². The zero-order valence-corrected chi connectivity index (χ0v) is 18.9. The van der Waals surface area contributed by atoms with E-state index in [-0.39, 0.29) is 33.4 Å². The van der Waals surface area contributed by atoms with E-state index < -0.39 is 23.1 Å². The number of carbonyl (C=O) groups is 1. The van der Waals surface area contributed by atoms with Gasteiger partial charge in [0.1, 0.15) is 17.3 Å². The van der Waals surface area contributed by atoms with Gasteiger partial charge in [0.05, 0.1) is 17.6 Å². The molecule has 35 heavy (non-hydrogen) atoms. The summed E-state index contributed by atoms with van der Waals surface area (Å²) < 4.78 is 31.1. The van der Waals surface area contributed by atoms with Crippen LogP contribution < -0.4 is 5.73 Å². The molecule has 1 amide bonds. The van der Waals surface area contributed by atoms with Gasteiger partial charge in [0.15, 0.2) is 5.60 Å². The van der Waals surface area contributed by atoms with Crippen LogP contribution in [-0.4, -0.2) is 35.8 Å². The van der Waals surface area contributed by atoms with Gasteiger partial charge in [0, 0.05) is 16.6 Å². The monoisotopic (exact) mass is 494 g/mol. The summed E-state index contributed by atoms with van der Waals surface area (Å²) in [5.41, 5.74) is 3.88. The predicted molar refractivity (Wildman–Crippen MR) is 125 cm³/mol. The van der Waals surface area contributed by atoms with Crippen LogP contribution >= 0.6 is 11.6 Å². The fourth-order valence-corrected chi connectivity index (χ4v) is 4.44. The SMILES string of the molecule is Cn1nnc(-c2c(Cl)c3cc(F)ccc3n2-c2ccc(C(O)(C(N)=O)c3ccccc3)c(F)c2)n1. The van der Waals surface area contributed by atoms with Crippen molar-refractivity contribution in [2.24, 2.45) is 12.8 Å². The molecule has 1 atom stereocenters. The van der Waals surface area contributed by atoms with Crippen LogP contribution in [0.4, 0.5) is 8.78 Å². The minimum Gasteiger partial charge on any atom is -0.372 e. The van der Waals surface area contributed by atoms with E-state index in [1.165, 1.54) is 47.3 Å². The van der Waals surface area contributed by atoms with Gasteiger partial charge in [-0.15, -0.1) is 10.2 Å². The summed E-state index contributed by atoms with van der Waals surface area (Å²) in [4.78, 5) is 13.5. The van der Waals surface area contributed by atoms with E-state index in [0.717, 1.165) is 6.07 Å². The number of aromatic nitrogens is 5. The van der Waals surface area contributed by atoms with Crippen molar-refractivity contribution in [2.45, 2.75) is 5.60 Å². The number of aliphatic hydroxyl groups is 1. The highest BCUT2D eigenvalue weighted by Crippen LogP contribution is 2.40. The molecule has 8 nitrogen and oxygen atoms in total. The Hall–Kier alpha value is -4.15. The molecule has 0 aliphatic carbocycles. The molecule has 176 valence electrons. The molecule has 3 N–H and O–H groups in total. The Balaban J connectivity index is 1.75. The Kier molecular flexibility index (Phi) is 5.34. The van der Waals surface area contributed by atoms with Crippen LogP contribution in [0.25, 0.3) is 28.1 Å². The Morgan fingerprint density at radius 3 is 2.46 bits per heavy atom. The number of hydrogen-bond donors (Lipinski definition) is 2. The molecule has 0 aliphatic rings. The maximum absolute atomic E-state index is 15.6. The second-order valence-corrected chi connectivity index (χ2v) is 8.24. The third-order valence-electron chi connectivity index (χ3n) is 5.74. The number of carbonyl (C=O) groups excluding carboxylic acids is 1. The van der Waals surface area contributed by atoms with Crippen LogP contribution in [0, 0.1) is 11.6 Å². The van der Waals surface area contributed by atoms with Gasteiger partial charge in [0.2, 0.25) is 5.82 Å². The van der Waals surface area contributed by atoms with Crippen LogP contribution in [0.2, 0.25) is 5.02 Å². The molecule has 0 saturated heterocycles. The van der Waals surface area contributed by atoms with Crippen molar-refractivity contribution in [3.63, 3.8) is 0 Å². The molecule has 2 heterocycles. The molecule has 11 heteroatoms. The van der Waals surface area contributed by atoms with Crippen LogP contribution in [0.15, 0.2) is 66.7 Å². The summed E-state index contributed by atoms with van der Waals surface area (Å²) >= 11 is 6.59. The van der Waals surface area contributed by atoms with Gasteiger partial charge in [-0.05, 0) is 41.1 Å². The van der Waals surface area contributed by atoms with Gasteiger partial charge in [-0.3, -0.25) is 4.79 Å². The number of primary amides is 1. The van der Waals surface area contributed by atoms with Crippen LogP contribution in [-0.2, 0) is 17.4 Å². The Bertz CT molecular complexity index is 1600. The third kappa shape index (κ3) is 3.54. The van der Waals surface area contributed by atoms with Crippen molar-refractivity contribution < 1.29 is 18.7 Å². The number of rotatable bonds is 5. The zero-order valence-electron chi connectivity index (χ0n) is 18.2. The first-order valence-electron chi connectivity index (χ1n) is 10.3. The van der Waals surface area contributed by atoms with E-state index in [2.05, 4.69) is 15.4 Å². The second-order valence-electron chi connectivity index (χ2n) is 7.87. The summed E-state index contributed by atoms with van der Waals surface area (Å²) in [6.45, 7) is 0. The first-order chi connectivity index (χ1) is 16.7. The normalized spacial score (nSPS) is 13.2. The maximum Gasteiger partial charge on any atom is 0.258 e. The van der Waals surface area contributed by atoms with Crippen molar-refractivity contribution in [3.8, 4) is 17.2 Å². The number of fused-ring (bicyclic) bond motifs is 1. The Labute approximate surface area is 202 Å². The molecule has 1 unspecified atom stereocenters. The average Bonchev–Trinajstić information content (AvgIpc) is 3.39. The summed E-state index contributed by atoms with van der Waals surface area (Å²) in [7, 11) is 1.57. The molecule has 0 fully saturated rings. The summed E-state index contributed by atoms with van der Waals surface area (Å²) in [6, 6.07) is 15.7. The predicted octanol–water partition coefficient (Wildman–Crippen LogP) is 3.47. The molecule has 5 aromatic rings. The smallest absolute Gasteiger partial charge is 0.258 e. The fourth-order valence-electron chi connectivity index (χ4n) is 4.12. The summed E-state index contributed by atoms with van der Waals surface area (Å²) in [5, 5.41) is 23.7. The average molecular weight is 495 g/mol. The second kappa shape index (κ2) is 8.26. The van der Waals surface area contributed by atoms with Gasteiger partial charge in [-0.1, -0.05) is 48.0 Å². The van der Waals surface area contributed by atoms with Gasteiger partial charge < -0.3 is 15.4 Å². The molecule has 0 bridgehead atoms. The highest BCUT2D eigenvalue weighted by Gasteiger charge is 2.40. The molecular weight excluding hydrogens is 478 g/mol. The lowest BCUT2D eigenvalue weighted by molar-refractivity contribution is -0.133. The van der Waals surface area contributed by atoms with Crippen molar-refractivity contribution in [1.29, 1.82) is 0 Å². The van der Waals surface area contributed by atoms with Crippen molar-refractivity contribution in [1.82, 2.24) is 24.8 Å². The van der Waals surface area contributed by atoms with Crippen LogP contribution in [0.1, 0.15) is 11.1 Å². The molecule has 0 saturated carbocycles. The third-order valence-corrected chi connectivity index (χ3v) is 6.12. The standard InChI is InChI=1S/C24H17ClF2N6O2/c1-32-30-22(29-31-32)21-20(25)16-11-14(26)7-10-19(16)33(21)15-8-9-17(18(27)12-15)24(35,23(28)34)13-5-3-2-4-6-13/h2-12,35H,1H3,(H2,28,34). The van der Waals surface area contributed by atoms with E-state index in [0.29, 0.717) is 10.9 Å². The zero-order chi connectivity index (χ0) is 24.9. The number of halogens is 3. The van der Waals surface area contributed by atoms with E-state index in [1.54, 1.807) is 29.8 Å².